The molecule has 0 saturated carbocycles. The fraction of sp³-hybridized carbons (Fsp3) is 0.692. The van der Waals surface area contributed by atoms with E-state index in [9.17, 15) is 24.0 Å². The lowest BCUT2D eigenvalue weighted by Crippen LogP contribution is -2.41. The molecule has 0 fully saturated rings. The maximum absolute atomic E-state index is 12.6. The van der Waals surface area contributed by atoms with Crippen molar-refractivity contribution in [1.82, 2.24) is 15.3 Å². The Morgan fingerprint density at radius 3 is 2.42 bits per heavy atom. The molecule has 1 aliphatic heterocycles. The normalized spacial score (nSPS) is 15.4. The second kappa shape index (κ2) is 14.5. The number of anilines is 2. The van der Waals surface area contributed by atoms with Crippen LogP contribution in [0.3, 0.4) is 0 Å². The van der Waals surface area contributed by atoms with Gasteiger partial charge in [-0.1, -0.05) is 40.0 Å². The Bertz CT molecular complexity index is 1050. The van der Waals surface area contributed by atoms with Gasteiger partial charge < -0.3 is 20.1 Å². The molecular weight excluding hydrogens is 494 g/mol. The van der Waals surface area contributed by atoms with E-state index in [0.717, 1.165) is 25.7 Å². The van der Waals surface area contributed by atoms with Crippen LogP contribution in [0.15, 0.2) is 4.79 Å². The van der Waals surface area contributed by atoms with Crippen molar-refractivity contribution < 1.29 is 28.7 Å². The van der Waals surface area contributed by atoms with Crippen LogP contribution >= 0.6 is 0 Å². The van der Waals surface area contributed by atoms with E-state index in [1.165, 1.54) is 14.2 Å². The van der Waals surface area contributed by atoms with Gasteiger partial charge in [0.2, 0.25) is 17.8 Å². The second-order valence-corrected chi connectivity index (χ2v) is 10.6. The standard InChI is InChI=1S/C26H41N5O7/c1-26(2,3)24(36)31-25-29-21-17(22(34)30-25)14-16(15-27-21)10-8-6-7-9-11-19(32)28-18(23(35)38-5)12-13-20(33)37-4/h16,18H,6-15H2,1-5H3,(H,28,32)(H3,27,29,30,31,34,36)/t16?,18-/m0/s1. The quantitative estimate of drug-likeness (QED) is 0.219. The molecule has 1 aliphatic rings. The van der Waals surface area contributed by atoms with Crippen molar-refractivity contribution in [3.05, 3.63) is 15.9 Å². The zero-order valence-corrected chi connectivity index (χ0v) is 23.0. The number of aromatic amines is 1. The Morgan fingerprint density at radius 2 is 1.76 bits per heavy atom. The number of rotatable bonds is 13. The van der Waals surface area contributed by atoms with Gasteiger partial charge in [0.25, 0.3) is 5.56 Å². The van der Waals surface area contributed by atoms with Crippen molar-refractivity contribution in [2.24, 2.45) is 11.3 Å². The molecule has 4 N–H and O–H groups in total. The van der Waals surface area contributed by atoms with E-state index in [1.54, 1.807) is 20.8 Å². The lowest BCUT2D eigenvalue weighted by atomic mass is 9.91. The van der Waals surface area contributed by atoms with E-state index in [2.05, 4.69) is 30.7 Å². The lowest BCUT2D eigenvalue weighted by Gasteiger charge is -2.25. The third-order valence-corrected chi connectivity index (χ3v) is 6.43. The smallest absolute Gasteiger partial charge is 0.328 e. The molecule has 12 heteroatoms. The molecule has 0 aromatic carbocycles. The number of nitrogens with one attached hydrogen (secondary N) is 4. The van der Waals surface area contributed by atoms with Gasteiger partial charge in [0.15, 0.2) is 0 Å². The van der Waals surface area contributed by atoms with Crippen LogP contribution in [0, 0.1) is 11.3 Å². The number of hydrogen-bond donors (Lipinski definition) is 4. The van der Waals surface area contributed by atoms with Crippen LogP contribution in [-0.2, 0) is 35.1 Å². The van der Waals surface area contributed by atoms with Crippen molar-refractivity contribution in [3.63, 3.8) is 0 Å². The van der Waals surface area contributed by atoms with Crippen LogP contribution in [0.25, 0.3) is 0 Å². The minimum absolute atomic E-state index is 0.00784. The predicted octanol–water partition coefficient (Wildman–Crippen LogP) is 2.29. The number of fused-ring (bicyclic) bond motifs is 1. The number of unbranched alkanes of at least 4 members (excludes halogenated alkanes) is 3. The summed E-state index contributed by atoms with van der Waals surface area (Å²) >= 11 is 0. The number of carbonyl (C=O) groups excluding carboxylic acids is 4. The lowest BCUT2D eigenvalue weighted by molar-refractivity contribution is -0.146. The summed E-state index contributed by atoms with van der Waals surface area (Å²) in [7, 11) is 2.50. The molecule has 38 heavy (non-hydrogen) atoms. The van der Waals surface area contributed by atoms with E-state index in [-0.39, 0.29) is 42.6 Å². The van der Waals surface area contributed by atoms with E-state index >= 15 is 0 Å². The maximum atomic E-state index is 12.6. The van der Waals surface area contributed by atoms with Crippen molar-refractivity contribution in [2.45, 2.75) is 84.6 Å². The molecule has 2 heterocycles. The first-order valence-electron chi connectivity index (χ1n) is 13.1. The van der Waals surface area contributed by atoms with Gasteiger partial charge in [-0.05, 0) is 31.6 Å². The maximum Gasteiger partial charge on any atom is 0.328 e. The first-order chi connectivity index (χ1) is 17.9. The van der Waals surface area contributed by atoms with Crippen LogP contribution in [0.2, 0.25) is 0 Å². The molecule has 12 nitrogen and oxygen atoms in total. The van der Waals surface area contributed by atoms with E-state index in [1.807, 2.05) is 0 Å². The number of methoxy groups -OCH3 is 2. The fourth-order valence-electron chi connectivity index (χ4n) is 4.09. The fourth-order valence-corrected chi connectivity index (χ4v) is 4.09. The zero-order chi connectivity index (χ0) is 28.3. The summed E-state index contributed by atoms with van der Waals surface area (Å²) in [5.41, 5.74) is -0.258. The van der Waals surface area contributed by atoms with Gasteiger partial charge in [0.05, 0.1) is 19.8 Å². The Balaban J connectivity index is 1.71. The van der Waals surface area contributed by atoms with Crippen LogP contribution in [0.1, 0.15) is 77.7 Å². The largest absolute Gasteiger partial charge is 0.469 e. The Labute approximate surface area is 223 Å². The Morgan fingerprint density at radius 1 is 1.05 bits per heavy atom. The molecule has 1 aromatic rings. The number of aromatic nitrogens is 2. The van der Waals surface area contributed by atoms with Gasteiger partial charge in [0, 0.05) is 24.8 Å². The zero-order valence-electron chi connectivity index (χ0n) is 23.0. The Hall–Kier alpha value is -3.44. The third kappa shape index (κ3) is 9.79. The van der Waals surface area contributed by atoms with Gasteiger partial charge in [-0.15, -0.1) is 0 Å². The topological polar surface area (TPSA) is 169 Å². The molecule has 2 amide bonds. The van der Waals surface area contributed by atoms with Gasteiger partial charge >= 0.3 is 11.9 Å². The molecule has 2 atom stereocenters. The number of esters is 2. The van der Waals surface area contributed by atoms with Gasteiger partial charge in [-0.25, -0.2) is 4.79 Å². The summed E-state index contributed by atoms with van der Waals surface area (Å²) in [5, 5.41) is 8.52. The van der Waals surface area contributed by atoms with Crippen LogP contribution < -0.4 is 21.5 Å². The summed E-state index contributed by atoms with van der Waals surface area (Å²) < 4.78 is 9.28. The summed E-state index contributed by atoms with van der Waals surface area (Å²) in [6.07, 6.45) is 5.37. The van der Waals surface area contributed by atoms with Crippen molar-refractivity contribution in [2.75, 3.05) is 31.4 Å². The number of nitrogens with zero attached hydrogens (tertiary/aromatic N) is 1. The molecule has 1 aromatic heterocycles. The second-order valence-electron chi connectivity index (χ2n) is 10.6. The van der Waals surface area contributed by atoms with Gasteiger partial charge in [-0.3, -0.25) is 29.5 Å². The molecule has 0 spiro atoms. The van der Waals surface area contributed by atoms with Crippen molar-refractivity contribution in [3.8, 4) is 0 Å². The number of amides is 2. The van der Waals surface area contributed by atoms with Gasteiger partial charge in [-0.2, -0.15) is 4.98 Å². The van der Waals surface area contributed by atoms with E-state index < -0.39 is 23.4 Å². The first kappa shape index (κ1) is 30.8. The highest BCUT2D eigenvalue weighted by Gasteiger charge is 2.26. The highest BCUT2D eigenvalue weighted by molar-refractivity contribution is 5.93. The van der Waals surface area contributed by atoms with Crippen LogP contribution in [0.4, 0.5) is 11.8 Å². The summed E-state index contributed by atoms with van der Waals surface area (Å²) in [6, 6.07) is -0.878. The summed E-state index contributed by atoms with van der Waals surface area (Å²) in [6.45, 7) is 6.05. The summed E-state index contributed by atoms with van der Waals surface area (Å²) in [4.78, 5) is 67.3. The molecule has 0 radical (unpaired) electrons. The average Bonchev–Trinajstić information content (AvgIpc) is 2.87. The molecule has 0 aliphatic carbocycles. The van der Waals surface area contributed by atoms with Crippen molar-refractivity contribution >= 4 is 35.5 Å². The molecule has 1 unspecified atom stereocenters. The third-order valence-electron chi connectivity index (χ3n) is 6.43. The highest BCUT2D eigenvalue weighted by Crippen LogP contribution is 2.25. The summed E-state index contributed by atoms with van der Waals surface area (Å²) in [5.74, 6) is -0.594. The molecule has 212 valence electrons. The minimum Gasteiger partial charge on any atom is -0.469 e. The number of carbonyl (C=O) groups is 4. The first-order valence-corrected chi connectivity index (χ1v) is 13.1. The van der Waals surface area contributed by atoms with E-state index in [4.69, 9.17) is 4.74 Å². The van der Waals surface area contributed by atoms with Gasteiger partial charge in [0.1, 0.15) is 11.9 Å². The number of hydrogen-bond acceptors (Lipinski definition) is 9. The van der Waals surface area contributed by atoms with Crippen LogP contribution in [0.5, 0.6) is 0 Å². The monoisotopic (exact) mass is 535 g/mol. The van der Waals surface area contributed by atoms with Crippen molar-refractivity contribution in [1.29, 1.82) is 0 Å². The molecule has 0 saturated heterocycles. The number of H-pyrrole nitrogens is 1. The SMILES string of the molecule is COC(=O)CC[C@H](NC(=O)CCCCCCC1CNc2nc(NC(=O)C(C)(C)C)[nH]c(=O)c2C1)C(=O)OC. The Kier molecular flexibility index (Phi) is 11.7. The van der Waals surface area contributed by atoms with E-state index in [0.29, 0.717) is 36.7 Å². The minimum atomic E-state index is -0.878. The average molecular weight is 536 g/mol. The van der Waals surface area contributed by atoms with Crippen LogP contribution in [-0.4, -0.2) is 60.5 Å². The number of ether oxygens (including phenoxy) is 2. The predicted molar refractivity (Wildman–Crippen MR) is 142 cm³/mol. The molecular formula is C26H41N5O7. The molecule has 0 bridgehead atoms. The highest BCUT2D eigenvalue weighted by atomic mass is 16.5. The molecule has 2 rings (SSSR count).